The average Bonchev–Trinajstić information content (AvgIpc) is 2.83. The van der Waals surface area contributed by atoms with Crippen molar-refractivity contribution in [1.82, 2.24) is 5.32 Å². The van der Waals surface area contributed by atoms with E-state index in [4.69, 9.17) is 4.74 Å². The number of benzene rings is 1. The van der Waals surface area contributed by atoms with Gasteiger partial charge in [0.2, 0.25) is 0 Å². The lowest BCUT2D eigenvalue weighted by Gasteiger charge is -2.09. The van der Waals surface area contributed by atoms with Crippen LogP contribution in [-0.2, 0) is 19.6 Å². The van der Waals surface area contributed by atoms with Gasteiger partial charge < -0.3 is 10.1 Å². The highest BCUT2D eigenvalue weighted by atomic mass is 32.1. The Balaban J connectivity index is 2.01. The molecular weight excluding hydrogens is 266 g/mol. The van der Waals surface area contributed by atoms with Crippen LogP contribution < -0.4 is 10.1 Å². The molecule has 0 aliphatic carbocycles. The molecule has 0 aliphatic heterocycles. The summed E-state index contributed by atoms with van der Waals surface area (Å²) in [7, 11) is 0. The van der Waals surface area contributed by atoms with E-state index in [1.165, 1.54) is 20.9 Å². The Morgan fingerprint density at radius 3 is 2.70 bits per heavy atom. The van der Waals surface area contributed by atoms with E-state index >= 15 is 0 Å². The van der Waals surface area contributed by atoms with E-state index in [2.05, 4.69) is 50.4 Å². The third-order valence-corrected chi connectivity index (χ3v) is 4.45. The minimum Gasteiger partial charge on any atom is -0.489 e. The van der Waals surface area contributed by atoms with Gasteiger partial charge in [-0.05, 0) is 37.6 Å². The van der Waals surface area contributed by atoms with E-state index in [1.807, 2.05) is 17.4 Å². The lowest BCUT2D eigenvalue weighted by Crippen LogP contribution is -2.10. The van der Waals surface area contributed by atoms with Crippen LogP contribution in [0.1, 0.15) is 34.7 Å². The first-order chi connectivity index (χ1) is 9.74. The molecule has 0 aliphatic rings. The van der Waals surface area contributed by atoms with Gasteiger partial charge >= 0.3 is 0 Å². The van der Waals surface area contributed by atoms with Crippen molar-refractivity contribution in [1.29, 1.82) is 0 Å². The van der Waals surface area contributed by atoms with Crippen LogP contribution in [0.4, 0.5) is 0 Å². The Bertz CT molecular complexity index is 548. The molecule has 2 aromatic rings. The Kier molecular flexibility index (Phi) is 5.62. The maximum atomic E-state index is 6.00. The highest BCUT2D eigenvalue weighted by Gasteiger charge is 2.07. The molecule has 1 heterocycles. The zero-order valence-electron chi connectivity index (χ0n) is 12.5. The number of hydrogen-bond acceptors (Lipinski definition) is 3. The maximum absolute atomic E-state index is 6.00. The Morgan fingerprint density at radius 1 is 1.15 bits per heavy atom. The Hall–Kier alpha value is -1.32. The van der Waals surface area contributed by atoms with E-state index in [1.54, 1.807) is 0 Å². The van der Waals surface area contributed by atoms with Crippen LogP contribution in [-0.4, -0.2) is 6.54 Å². The normalized spacial score (nSPS) is 10.8. The molecule has 2 nitrogen and oxygen atoms in total. The minimum atomic E-state index is 0.658. The average molecular weight is 289 g/mol. The highest BCUT2D eigenvalue weighted by molar-refractivity contribution is 7.12. The van der Waals surface area contributed by atoms with Gasteiger partial charge in [0.05, 0.1) is 0 Å². The molecule has 0 spiro atoms. The zero-order chi connectivity index (χ0) is 14.4. The number of para-hydroxylation sites is 1. The van der Waals surface area contributed by atoms with E-state index in [-0.39, 0.29) is 0 Å². The van der Waals surface area contributed by atoms with Gasteiger partial charge in [0.15, 0.2) is 0 Å². The summed E-state index contributed by atoms with van der Waals surface area (Å²) in [5.74, 6) is 1.01. The summed E-state index contributed by atoms with van der Waals surface area (Å²) in [5.41, 5.74) is 2.57. The molecule has 0 atom stereocenters. The van der Waals surface area contributed by atoms with Gasteiger partial charge in [0.25, 0.3) is 0 Å². The van der Waals surface area contributed by atoms with Crippen molar-refractivity contribution in [2.75, 3.05) is 6.54 Å². The lowest BCUT2D eigenvalue weighted by molar-refractivity contribution is 0.303. The molecule has 108 valence electrons. The van der Waals surface area contributed by atoms with E-state index in [0.29, 0.717) is 6.61 Å². The SMILES string of the molecule is CCNCc1cc(COc2ccccc2CC)c(C)s1. The number of ether oxygens (including phenoxy) is 1. The molecule has 0 saturated carbocycles. The molecule has 2 rings (SSSR count). The fourth-order valence-electron chi connectivity index (χ4n) is 2.16. The second-order valence-electron chi connectivity index (χ2n) is 4.82. The maximum Gasteiger partial charge on any atom is 0.122 e. The van der Waals surface area contributed by atoms with Gasteiger partial charge in [0, 0.05) is 21.9 Å². The third-order valence-electron chi connectivity index (χ3n) is 3.36. The molecule has 0 radical (unpaired) electrons. The van der Waals surface area contributed by atoms with Crippen LogP contribution in [0.15, 0.2) is 30.3 Å². The molecule has 0 amide bonds. The molecule has 1 N–H and O–H groups in total. The molecule has 3 heteroatoms. The summed E-state index contributed by atoms with van der Waals surface area (Å²) in [5, 5.41) is 3.37. The van der Waals surface area contributed by atoms with Crippen LogP contribution in [0, 0.1) is 6.92 Å². The number of aryl methyl sites for hydroxylation is 2. The number of nitrogens with one attached hydrogen (secondary N) is 1. The first-order valence-corrected chi connectivity index (χ1v) is 8.05. The summed E-state index contributed by atoms with van der Waals surface area (Å²) < 4.78 is 6.00. The zero-order valence-corrected chi connectivity index (χ0v) is 13.3. The predicted molar refractivity (Wildman–Crippen MR) is 86.6 cm³/mol. The molecule has 0 bridgehead atoms. The summed E-state index contributed by atoms with van der Waals surface area (Å²) in [6, 6.07) is 10.5. The first kappa shape index (κ1) is 15.1. The number of hydrogen-bond donors (Lipinski definition) is 1. The smallest absolute Gasteiger partial charge is 0.122 e. The quantitative estimate of drug-likeness (QED) is 0.820. The monoisotopic (exact) mass is 289 g/mol. The predicted octanol–water partition coefficient (Wildman–Crippen LogP) is 4.31. The highest BCUT2D eigenvalue weighted by Crippen LogP contribution is 2.25. The fourth-order valence-corrected chi connectivity index (χ4v) is 3.18. The van der Waals surface area contributed by atoms with Gasteiger partial charge in [-0.2, -0.15) is 0 Å². The molecule has 0 unspecified atom stereocenters. The number of rotatable bonds is 7. The summed E-state index contributed by atoms with van der Waals surface area (Å²) in [4.78, 5) is 2.73. The summed E-state index contributed by atoms with van der Waals surface area (Å²) in [6.07, 6.45) is 1.00. The van der Waals surface area contributed by atoms with Gasteiger partial charge in [-0.25, -0.2) is 0 Å². The molecule has 1 aromatic heterocycles. The Morgan fingerprint density at radius 2 is 1.95 bits per heavy atom. The second kappa shape index (κ2) is 7.46. The van der Waals surface area contributed by atoms with E-state index in [9.17, 15) is 0 Å². The first-order valence-electron chi connectivity index (χ1n) is 7.24. The molecular formula is C17H23NOS. The van der Waals surface area contributed by atoms with Gasteiger partial charge in [0.1, 0.15) is 12.4 Å². The third kappa shape index (κ3) is 3.84. The largest absolute Gasteiger partial charge is 0.489 e. The fraction of sp³-hybridized carbons (Fsp3) is 0.412. The van der Waals surface area contributed by atoms with Crippen molar-refractivity contribution in [3.63, 3.8) is 0 Å². The molecule has 20 heavy (non-hydrogen) atoms. The number of thiophene rings is 1. The lowest BCUT2D eigenvalue weighted by atomic mass is 10.1. The van der Waals surface area contributed by atoms with Crippen molar-refractivity contribution in [2.24, 2.45) is 0 Å². The van der Waals surface area contributed by atoms with Crippen molar-refractivity contribution in [3.8, 4) is 5.75 Å². The minimum absolute atomic E-state index is 0.658. The Labute approximate surface area is 125 Å². The van der Waals surface area contributed by atoms with E-state index < -0.39 is 0 Å². The topological polar surface area (TPSA) is 21.3 Å². The van der Waals surface area contributed by atoms with Crippen LogP contribution in [0.3, 0.4) is 0 Å². The van der Waals surface area contributed by atoms with Crippen molar-refractivity contribution < 1.29 is 4.74 Å². The van der Waals surface area contributed by atoms with Gasteiger partial charge in [-0.15, -0.1) is 11.3 Å². The van der Waals surface area contributed by atoms with Crippen molar-refractivity contribution >= 4 is 11.3 Å². The van der Waals surface area contributed by atoms with Crippen LogP contribution >= 0.6 is 11.3 Å². The van der Waals surface area contributed by atoms with Gasteiger partial charge in [-0.3, -0.25) is 0 Å². The molecule has 0 saturated heterocycles. The van der Waals surface area contributed by atoms with Crippen LogP contribution in [0.25, 0.3) is 0 Å². The summed E-state index contributed by atoms with van der Waals surface area (Å²) >= 11 is 1.86. The van der Waals surface area contributed by atoms with Crippen molar-refractivity contribution in [3.05, 3.63) is 51.2 Å². The van der Waals surface area contributed by atoms with Crippen LogP contribution in [0.2, 0.25) is 0 Å². The van der Waals surface area contributed by atoms with Gasteiger partial charge in [-0.1, -0.05) is 32.0 Å². The van der Waals surface area contributed by atoms with Crippen molar-refractivity contribution in [2.45, 2.75) is 40.3 Å². The molecule has 0 fully saturated rings. The summed E-state index contributed by atoms with van der Waals surface area (Å²) in [6.45, 7) is 9.08. The standard InChI is InChI=1S/C17H23NOS/c1-4-14-8-6-7-9-17(14)19-12-15-10-16(11-18-5-2)20-13(15)3/h6-10,18H,4-5,11-12H2,1-3H3. The molecule has 1 aromatic carbocycles. The second-order valence-corrected chi connectivity index (χ2v) is 6.17. The van der Waals surface area contributed by atoms with E-state index in [0.717, 1.165) is 25.3 Å². The van der Waals surface area contributed by atoms with Crippen LogP contribution in [0.5, 0.6) is 5.75 Å².